The van der Waals surface area contributed by atoms with Crippen molar-refractivity contribution in [3.8, 4) is 5.75 Å². The Morgan fingerprint density at radius 1 is 1.11 bits per heavy atom. The summed E-state index contributed by atoms with van der Waals surface area (Å²) >= 11 is 0. The average Bonchev–Trinajstić information content (AvgIpc) is 2.64. The van der Waals surface area contributed by atoms with E-state index in [4.69, 9.17) is 4.74 Å². The van der Waals surface area contributed by atoms with E-state index in [1.807, 2.05) is 48.2 Å². The number of amides is 1. The molecule has 1 amide bonds. The third-order valence-corrected chi connectivity index (χ3v) is 5.09. The van der Waals surface area contributed by atoms with E-state index in [0.717, 1.165) is 30.0 Å². The summed E-state index contributed by atoms with van der Waals surface area (Å²) in [6, 6.07) is 14.7. The molecule has 27 heavy (non-hydrogen) atoms. The Morgan fingerprint density at radius 3 is 2.56 bits per heavy atom. The van der Waals surface area contributed by atoms with Gasteiger partial charge in [0.05, 0.1) is 0 Å². The van der Waals surface area contributed by atoms with Crippen LogP contribution < -0.4 is 4.74 Å². The van der Waals surface area contributed by atoms with Crippen LogP contribution in [-0.4, -0.2) is 47.5 Å². The summed E-state index contributed by atoms with van der Waals surface area (Å²) in [4.78, 5) is 16.9. The van der Waals surface area contributed by atoms with E-state index in [9.17, 15) is 9.18 Å². The number of benzene rings is 2. The lowest BCUT2D eigenvalue weighted by atomic mass is 10.1. The summed E-state index contributed by atoms with van der Waals surface area (Å²) in [5.41, 5.74) is 2.19. The normalized spacial score (nSPS) is 20.5. The van der Waals surface area contributed by atoms with Crippen LogP contribution in [-0.2, 0) is 11.3 Å². The minimum absolute atomic E-state index is 0.0114. The van der Waals surface area contributed by atoms with E-state index < -0.39 is 0 Å². The van der Waals surface area contributed by atoms with Crippen molar-refractivity contribution < 1.29 is 13.9 Å². The predicted octanol–water partition coefficient (Wildman–Crippen LogP) is 3.63. The molecule has 1 aliphatic rings. The van der Waals surface area contributed by atoms with Crippen molar-refractivity contribution in [1.82, 2.24) is 9.80 Å². The minimum atomic E-state index is -0.218. The number of carbonyl (C=O) groups is 1. The number of hydrogen-bond donors (Lipinski definition) is 0. The molecule has 0 N–H and O–H groups in total. The maximum absolute atomic E-state index is 13.1. The zero-order valence-corrected chi connectivity index (χ0v) is 16.2. The second-order valence-corrected chi connectivity index (χ2v) is 7.41. The molecule has 1 saturated heterocycles. The quantitative estimate of drug-likeness (QED) is 0.806. The Hall–Kier alpha value is -2.40. The van der Waals surface area contributed by atoms with E-state index in [1.54, 1.807) is 0 Å². The average molecular weight is 370 g/mol. The first kappa shape index (κ1) is 19.4. The van der Waals surface area contributed by atoms with Gasteiger partial charge in [-0.1, -0.05) is 24.3 Å². The number of hydrogen-bond acceptors (Lipinski definition) is 3. The van der Waals surface area contributed by atoms with E-state index >= 15 is 0 Å². The van der Waals surface area contributed by atoms with Gasteiger partial charge in [-0.05, 0) is 56.2 Å². The van der Waals surface area contributed by atoms with Crippen molar-refractivity contribution in [3.63, 3.8) is 0 Å². The third kappa shape index (κ3) is 5.07. The minimum Gasteiger partial charge on any atom is -0.484 e. The Labute approximate surface area is 160 Å². The Balaban J connectivity index is 1.55. The SMILES string of the molecule is Cc1cccc(OCC(=O)N2C[C@@H](C)N(Cc3ccc(F)cc3)C[C@@H]2C)c1. The van der Waals surface area contributed by atoms with Gasteiger partial charge in [0.2, 0.25) is 0 Å². The van der Waals surface area contributed by atoms with E-state index in [1.165, 1.54) is 12.1 Å². The van der Waals surface area contributed by atoms with Crippen molar-refractivity contribution in [2.75, 3.05) is 19.7 Å². The van der Waals surface area contributed by atoms with Gasteiger partial charge in [-0.15, -0.1) is 0 Å². The molecular weight excluding hydrogens is 343 g/mol. The van der Waals surface area contributed by atoms with Crippen molar-refractivity contribution in [2.24, 2.45) is 0 Å². The van der Waals surface area contributed by atoms with Gasteiger partial charge in [0.25, 0.3) is 5.91 Å². The number of rotatable bonds is 5. The van der Waals surface area contributed by atoms with Crippen LogP contribution in [0.25, 0.3) is 0 Å². The standard InChI is InChI=1S/C22H27FN2O2/c1-16-5-4-6-21(11-16)27-15-22(26)25-13-17(2)24(12-18(25)3)14-19-7-9-20(23)10-8-19/h4-11,17-18H,12-15H2,1-3H3/t17-,18+/m1/s1. The van der Waals surface area contributed by atoms with Gasteiger partial charge < -0.3 is 9.64 Å². The summed E-state index contributed by atoms with van der Waals surface area (Å²) in [7, 11) is 0. The van der Waals surface area contributed by atoms with E-state index in [-0.39, 0.29) is 30.4 Å². The van der Waals surface area contributed by atoms with Crippen LogP contribution in [0.2, 0.25) is 0 Å². The highest BCUT2D eigenvalue weighted by molar-refractivity contribution is 5.78. The molecule has 2 aromatic carbocycles. The molecule has 144 valence electrons. The van der Waals surface area contributed by atoms with E-state index in [0.29, 0.717) is 6.54 Å². The first-order chi connectivity index (χ1) is 12.9. The number of carbonyl (C=O) groups excluding carboxylic acids is 1. The highest BCUT2D eigenvalue weighted by atomic mass is 19.1. The van der Waals surface area contributed by atoms with Crippen molar-refractivity contribution in [3.05, 3.63) is 65.5 Å². The van der Waals surface area contributed by atoms with Crippen LogP contribution in [0.15, 0.2) is 48.5 Å². The lowest BCUT2D eigenvalue weighted by molar-refractivity contribution is -0.139. The molecule has 0 spiro atoms. The third-order valence-electron chi connectivity index (χ3n) is 5.09. The number of ether oxygens (including phenoxy) is 1. The zero-order valence-electron chi connectivity index (χ0n) is 16.2. The number of aryl methyl sites for hydroxylation is 1. The highest BCUT2D eigenvalue weighted by Crippen LogP contribution is 2.19. The first-order valence-corrected chi connectivity index (χ1v) is 9.40. The Morgan fingerprint density at radius 2 is 1.85 bits per heavy atom. The molecule has 3 rings (SSSR count). The molecule has 2 aromatic rings. The maximum atomic E-state index is 13.1. The molecule has 1 heterocycles. The molecule has 1 aliphatic heterocycles. The molecule has 0 radical (unpaired) electrons. The largest absolute Gasteiger partial charge is 0.484 e. The summed E-state index contributed by atoms with van der Waals surface area (Å²) in [6.45, 7) is 8.45. The first-order valence-electron chi connectivity index (χ1n) is 9.40. The summed E-state index contributed by atoms with van der Waals surface area (Å²) in [5, 5.41) is 0. The fourth-order valence-corrected chi connectivity index (χ4v) is 3.52. The summed E-state index contributed by atoms with van der Waals surface area (Å²) < 4.78 is 18.8. The maximum Gasteiger partial charge on any atom is 0.260 e. The number of piperazine rings is 1. The monoisotopic (exact) mass is 370 g/mol. The van der Waals surface area contributed by atoms with E-state index in [2.05, 4.69) is 18.7 Å². The molecule has 2 atom stereocenters. The Kier molecular flexibility index (Phi) is 6.11. The van der Waals surface area contributed by atoms with Gasteiger partial charge in [0.15, 0.2) is 6.61 Å². The molecule has 1 fully saturated rings. The fraction of sp³-hybridized carbons (Fsp3) is 0.409. The molecule has 0 aliphatic carbocycles. The molecule has 0 aromatic heterocycles. The molecule has 0 saturated carbocycles. The number of halogens is 1. The second-order valence-electron chi connectivity index (χ2n) is 7.41. The van der Waals surface area contributed by atoms with Gasteiger partial charge in [-0.2, -0.15) is 0 Å². The second kappa shape index (κ2) is 8.53. The van der Waals surface area contributed by atoms with Crippen LogP contribution in [0.4, 0.5) is 4.39 Å². The topological polar surface area (TPSA) is 32.8 Å². The van der Waals surface area contributed by atoms with Crippen LogP contribution in [0.3, 0.4) is 0 Å². The summed E-state index contributed by atoms with van der Waals surface area (Å²) in [5.74, 6) is 0.514. The molecular formula is C22H27FN2O2. The van der Waals surface area contributed by atoms with Gasteiger partial charge >= 0.3 is 0 Å². The van der Waals surface area contributed by atoms with Gasteiger partial charge in [0, 0.05) is 31.7 Å². The lowest BCUT2D eigenvalue weighted by Gasteiger charge is -2.44. The molecule has 0 unspecified atom stereocenters. The van der Waals surface area contributed by atoms with Gasteiger partial charge in [-0.3, -0.25) is 9.69 Å². The molecule has 5 heteroatoms. The summed E-state index contributed by atoms with van der Waals surface area (Å²) in [6.07, 6.45) is 0. The van der Waals surface area contributed by atoms with Crippen LogP contribution in [0.1, 0.15) is 25.0 Å². The van der Waals surface area contributed by atoms with Crippen LogP contribution in [0, 0.1) is 12.7 Å². The van der Waals surface area contributed by atoms with Gasteiger partial charge in [-0.25, -0.2) is 4.39 Å². The van der Waals surface area contributed by atoms with Crippen molar-refractivity contribution in [2.45, 2.75) is 39.4 Å². The fourth-order valence-electron chi connectivity index (χ4n) is 3.52. The Bertz CT molecular complexity index is 778. The van der Waals surface area contributed by atoms with Crippen molar-refractivity contribution >= 4 is 5.91 Å². The lowest BCUT2D eigenvalue weighted by Crippen LogP contribution is -2.58. The smallest absolute Gasteiger partial charge is 0.260 e. The number of nitrogens with zero attached hydrogens (tertiary/aromatic N) is 2. The predicted molar refractivity (Wildman–Crippen MR) is 104 cm³/mol. The van der Waals surface area contributed by atoms with Gasteiger partial charge in [0.1, 0.15) is 11.6 Å². The molecule has 0 bridgehead atoms. The molecule has 4 nitrogen and oxygen atoms in total. The zero-order chi connectivity index (χ0) is 19.4. The van der Waals surface area contributed by atoms with Crippen LogP contribution >= 0.6 is 0 Å². The van der Waals surface area contributed by atoms with Crippen molar-refractivity contribution in [1.29, 1.82) is 0 Å². The van der Waals surface area contributed by atoms with Crippen LogP contribution in [0.5, 0.6) is 5.75 Å². The highest BCUT2D eigenvalue weighted by Gasteiger charge is 2.32.